The molecule has 4 rings (SSSR count). The van der Waals surface area contributed by atoms with Crippen LogP contribution in [0.2, 0.25) is 0 Å². The molecule has 0 aliphatic carbocycles. The van der Waals surface area contributed by atoms with Gasteiger partial charge in [0, 0.05) is 30.3 Å². The van der Waals surface area contributed by atoms with Crippen LogP contribution in [-0.4, -0.2) is 23.6 Å². The molecule has 1 amide bonds. The molecule has 6 heteroatoms. The Hall–Kier alpha value is -3.41. The number of carbonyl (C=O) groups is 2. The number of aromatic nitrogens is 1. The molecule has 1 aliphatic rings. The van der Waals surface area contributed by atoms with Crippen molar-refractivity contribution in [2.75, 3.05) is 11.4 Å². The maximum atomic E-state index is 12.4. The van der Waals surface area contributed by atoms with E-state index in [-0.39, 0.29) is 18.9 Å². The summed E-state index contributed by atoms with van der Waals surface area (Å²) < 4.78 is 10.7. The van der Waals surface area contributed by atoms with Crippen molar-refractivity contribution >= 4 is 17.6 Å². The summed E-state index contributed by atoms with van der Waals surface area (Å²) >= 11 is 0. The zero-order valence-corrected chi connectivity index (χ0v) is 14.6. The Morgan fingerprint density at radius 2 is 1.81 bits per heavy atom. The van der Waals surface area contributed by atoms with Crippen LogP contribution >= 0.6 is 0 Å². The second-order valence-electron chi connectivity index (χ2n) is 6.40. The first kappa shape index (κ1) is 17.0. The Labute approximate surface area is 156 Å². The fraction of sp³-hybridized carbons (Fsp3) is 0.190. The van der Waals surface area contributed by atoms with Gasteiger partial charge in [0.2, 0.25) is 5.91 Å². The van der Waals surface area contributed by atoms with E-state index in [1.54, 1.807) is 11.0 Å². The number of esters is 1. The summed E-state index contributed by atoms with van der Waals surface area (Å²) in [6.45, 7) is 0.348. The fourth-order valence-corrected chi connectivity index (χ4v) is 3.10. The Kier molecular flexibility index (Phi) is 4.70. The first-order valence-corrected chi connectivity index (χ1v) is 8.74. The predicted molar refractivity (Wildman–Crippen MR) is 98.6 cm³/mol. The number of nitrogens with zero attached hydrogens (tertiary/aromatic N) is 2. The highest BCUT2D eigenvalue weighted by Crippen LogP contribution is 2.26. The van der Waals surface area contributed by atoms with Crippen LogP contribution in [0.15, 0.2) is 71.3 Å². The molecule has 136 valence electrons. The maximum absolute atomic E-state index is 12.4. The zero-order chi connectivity index (χ0) is 18.6. The number of anilines is 1. The summed E-state index contributed by atoms with van der Waals surface area (Å²) in [5.74, 6) is -0.326. The van der Waals surface area contributed by atoms with E-state index in [9.17, 15) is 9.59 Å². The summed E-state index contributed by atoms with van der Waals surface area (Å²) in [7, 11) is 0. The van der Waals surface area contributed by atoms with Gasteiger partial charge in [-0.2, -0.15) is 0 Å². The quantitative estimate of drug-likeness (QED) is 0.650. The van der Waals surface area contributed by atoms with Gasteiger partial charge in [-0.15, -0.1) is 0 Å². The number of hydrogen-bond acceptors (Lipinski definition) is 5. The Morgan fingerprint density at radius 1 is 1.11 bits per heavy atom. The largest absolute Gasteiger partial charge is 0.459 e. The lowest BCUT2D eigenvalue weighted by molar-refractivity contribution is -0.149. The topological polar surface area (TPSA) is 72.6 Å². The molecule has 0 radical (unpaired) electrons. The van der Waals surface area contributed by atoms with E-state index in [0.29, 0.717) is 18.0 Å². The van der Waals surface area contributed by atoms with Gasteiger partial charge in [-0.3, -0.25) is 9.59 Å². The van der Waals surface area contributed by atoms with Gasteiger partial charge in [-0.1, -0.05) is 53.7 Å². The molecule has 1 aromatic heterocycles. The number of amides is 1. The van der Waals surface area contributed by atoms with E-state index in [1.807, 2.05) is 60.7 Å². The third-order valence-electron chi connectivity index (χ3n) is 4.51. The van der Waals surface area contributed by atoms with Crippen LogP contribution in [0.3, 0.4) is 0 Å². The van der Waals surface area contributed by atoms with Gasteiger partial charge in [0.1, 0.15) is 12.3 Å². The first-order chi connectivity index (χ1) is 13.2. The van der Waals surface area contributed by atoms with Crippen LogP contribution < -0.4 is 4.90 Å². The van der Waals surface area contributed by atoms with Gasteiger partial charge in [-0.05, 0) is 12.1 Å². The molecular weight excluding hydrogens is 344 g/mol. The molecule has 0 spiro atoms. The van der Waals surface area contributed by atoms with E-state index < -0.39 is 11.9 Å². The molecular formula is C21H18N2O4. The standard InChI is InChI=1S/C21H18N2O4/c24-20-11-16(13-23(20)18-9-5-2-6-10-18)21(25)26-14-17-12-19(27-22-17)15-7-3-1-4-8-15/h1-10,12,16H,11,13-14H2/t16-/m0/s1. The Bertz CT molecular complexity index is 937. The van der Waals surface area contributed by atoms with Gasteiger partial charge < -0.3 is 14.2 Å². The lowest BCUT2D eigenvalue weighted by Gasteiger charge is -2.16. The van der Waals surface area contributed by atoms with Crippen LogP contribution in [0.5, 0.6) is 0 Å². The van der Waals surface area contributed by atoms with Crippen molar-refractivity contribution in [2.24, 2.45) is 5.92 Å². The summed E-state index contributed by atoms with van der Waals surface area (Å²) in [4.78, 5) is 26.2. The van der Waals surface area contributed by atoms with Crippen molar-refractivity contribution in [1.29, 1.82) is 0 Å². The molecule has 1 saturated heterocycles. The van der Waals surface area contributed by atoms with Gasteiger partial charge in [-0.25, -0.2) is 0 Å². The van der Waals surface area contributed by atoms with Crippen LogP contribution in [0.4, 0.5) is 5.69 Å². The second-order valence-corrected chi connectivity index (χ2v) is 6.40. The van der Waals surface area contributed by atoms with Crippen molar-refractivity contribution < 1.29 is 18.8 Å². The number of hydrogen-bond donors (Lipinski definition) is 0. The van der Waals surface area contributed by atoms with Crippen molar-refractivity contribution in [3.05, 3.63) is 72.4 Å². The molecule has 27 heavy (non-hydrogen) atoms. The number of benzene rings is 2. The minimum Gasteiger partial charge on any atom is -0.459 e. The molecule has 0 saturated carbocycles. The number of rotatable bonds is 5. The average molecular weight is 362 g/mol. The molecule has 1 atom stereocenters. The molecule has 0 unspecified atom stereocenters. The SMILES string of the molecule is O=C(OCc1cc(-c2ccccc2)on1)[C@H]1CC(=O)N(c2ccccc2)C1. The summed E-state index contributed by atoms with van der Waals surface area (Å²) in [6, 6.07) is 20.6. The van der Waals surface area contributed by atoms with E-state index in [4.69, 9.17) is 9.26 Å². The molecule has 1 aliphatic heterocycles. The molecule has 0 N–H and O–H groups in total. The van der Waals surface area contributed by atoms with Crippen LogP contribution in [0.1, 0.15) is 12.1 Å². The molecule has 0 bridgehead atoms. The van der Waals surface area contributed by atoms with Gasteiger partial charge in [0.05, 0.1) is 5.92 Å². The van der Waals surface area contributed by atoms with Crippen molar-refractivity contribution in [2.45, 2.75) is 13.0 Å². The third-order valence-corrected chi connectivity index (χ3v) is 4.51. The van der Waals surface area contributed by atoms with Crippen LogP contribution in [0, 0.1) is 5.92 Å². The van der Waals surface area contributed by atoms with E-state index in [2.05, 4.69) is 5.16 Å². The smallest absolute Gasteiger partial charge is 0.311 e. The predicted octanol–water partition coefficient (Wildman–Crippen LogP) is 3.44. The van der Waals surface area contributed by atoms with E-state index in [1.165, 1.54) is 0 Å². The second kappa shape index (κ2) is 7.45. The van der Waals surface area contributed by atoms with E-state index in [0.717, 1.165) is 11.3 Å². The highest BCUT2D eigenvalue weighted by atomic mass is 16.5. The van der Waals surface area contributed by atoms with Crippen LogP contribution in [0.25, 0.3) is 11.3 Å². The molecule has 6 nitrogen and oxygen atoms in total. The minimum atomic E-state index is -0.474. The summed E-state index contributed by atoms with van der Waals surface area (Å²) in [5, 5.41) is 3.94. The zero-order valence-electron chi connectivity index (χ0n) is 14.6. The monoisotopic (exact) mass is 362 g/mol. The highest BCUT2D eigenvalue weighted by Gasteiger charge is 2.36. The lowest BCUT2D eigenvalue weighted by atomic mass is 10.1. The van der Waals surface area contributed by atoms with Gasteiger partial charge >= 0.3 is 5.97 Å². The maximum Gasteiger partial charge on any atom is 0.311 e. The molecule has 3 aromatic rings. The van der Waals surface area contributed by atoms with Crippen LogP contribution in [-0.2, 0) is 20.9 Å². The molecule has 1 fully saturated rings. The van der Waals surface area contributed by atoms with Gasteiger partial charge in [0.25, 0.3) is 0 Å². The number of carbonyl (C=O) groups excluding carboxylic acids is 2. The van der Waals surface area contributed by atoms with E-state index >= 15 is 0 Å². The first-order valence-electron chi connectivity index (χ1n) is 8.74. The minimum absolute atomic E-state index is 0.0190. The normalized spacial score (nSPS) is 16.5. The lowest BCUT2D eigenvalue weighted by Crippen LogP contribution is -2.26. The molecule has 2 heterocycles. The fourth-order valence-electron chi connectivity index (χ4n) is 3.10. The third kappa shape index (κ3) is 3.74. The number of para-hydroxylation sites is 1. The summed E-state index contributed by atoms with van der Waals surface area (Å²) in [6.07, 6.45) is 0.155. The Morgan fingerprint density at radius 3 is 2.56 bits per heavy atom. The Balaban J connectivity index is 1.35. The highest BCUT2D eigenvalue weighted by molar-refractivity contribution is 5.99. The van der Waals surface area contributed by atoms with Gasteiger partial charge in [0.15, 0.2) is 5.76 Å². The van der Waals surface area contributed by atoms with Crippen molar-refractivity contribution in [3.8, 4) is 11.3 Å². The van der Waals surface area contributed by atoms with Crippen molar-refractivity contribution in [1.82, 2.24) is 5.16 Å². The van der Waals surface area contributed by atoms with Crippen molar-refractivity contribution in [3.63, 3.8) is 0 Å². The average Bonchev–Trinajstić information content (AvgIpc) is 3.34. The molecule has 2 aromatic carbocycles. The number of ether oxygens (including phenoxy) is 1. The summed E-state index contributed by atoms with van der Waals surface area (Å²) in [5.41, 5.74) is 2.23.